The van der Waals surface area contributed by atoms with Crippen molar-refractivity contribution in [2.24, 2.45) is 0 Å². The second kappa shape index (κ2) is 8.13. The highest BCUT2D eigenvalue weighted by Gasteiger charge is 2.32. The fraction of sp³-hybridized carbons (Fsp3) is 0.381. The fourth-order valence-corrected chi connectivity index (χ4v) is 5.37. The maximum atomic E-state index is 12.7. The van der Waals surface area contributed by atoms with Gasteiger partial charge in [-0.2, -0.15) is 0 Å². The number of hydrogen-bond donors (Lipinski definition) is 0. The van der Waals surface area contributed by atoms with Crippen molar-refractivity contribution < 1.29 is 17.9 Å². The van der Waals surface area contributed by atoms with Gasteiger partial charge in [0.05, 0.1) is 24.5 Å². The third-order valence-corrected chi connectivity index (χ3v) is 7.21. The van der Waals surface area contributed by atoms with Crippen LogP contribution in [0.5, 0.6) is 5.75 Å². The first-order valence-corrected chi connectivity index (χ1v) is 10.8. The van der Waals surface area contributed by atoms with Gasteiger partial charge in [-0.25, -0.2) is 8.42 Å². The van der Waals surface area contributed by atoms with Crippen LogP contribution in [0, 0.1) is 6.92 Å². The van der Waals surface area contributed by atoms with Gasteiger partial charge >= 0.3 is 0 Å². The van der Waals surface area contributed by atoms with Crippen molar-refractivity contribution in [3.8, 4) is 5.75 Å². The Hall–Kier alpha value is -2.34. The molecule has 0 aromatic heterocycles. The Kier molecular flexibility index (Phi) is 5.85. The Morgan fingerprint density at radius 2 is 1.89 bits per heavy atom. The zero-order valence-corrected chi connectivity index (χ0v) is 16.5. The van der Waals surface area contributed by atoms with Crippen molar-refractivity contribution >= 4 is 15.7 Å². The highest BCUT2D eigenvalue weighted by atomic mass is 32.2. The summed E-state index contributed by atoms with van der Waals surface area (Å²) in [6.45, 7) is 2.64. The van der Waals surface area contributed by atoms with Crippen LogP contribution in [0.1, 0.15) is 28.4 Å². The number of benzene rings is 2. The first-order chi connectivity index (χ1) is 12.9. The van der Waals surface area contributed by atoms with E-state index in [0.717, 1.165) is 22.4 Å². The van der Waals surface area contributed by atoms with E-state index in [1.165, 1.54) is 0 Å². The smallest absolute Gasteiger partial charge is 0.227 e. The molecule has 1 atom stereocenters. The molecule has 2 aromatic rings. The second-order valence-electron chi connectivity index (χ2n) is 6.92. The summed E-state index contributed by atoms with van der Waals surface area (Å²) in [7, 11) is -1.66. The number of amides is 1. The van der Waals surface area contributed by atoms with E-state index in [1.54, 1.807) is 12.0 Å². The number of nitrogens with zero attached hydrogens (tertiary/aromatic N) is 1. The van der Waals surface area contributed by atoms with Gasteiger partial charge in [0.15, 0.2) is 9.84 Å². The van der Waals surface area contributed by atoms with E-state index in [1.807, 2.05) is 55.5 Å². The van der Waals surface area contributed by atoms with E-state index in [0.29, 0.717) is 13.0 Å². The van der Waals surface area contributed by atoms with E-state index in [9.17, 15) is 13.2 Å². The summed E-state index contributed by atoms with van der Waals surface area (Å²) in [5.41, 5.74) is 2.69. The summed E-state index contributed by atoms with van der Waals surface area (Å²) in [4.78, 5) is 14.4. The molecule has 0 radical (unpaired) electrons. The van der Waals surface area contributed by atoms with Gasteiger partial charge in [0, 0.05) is 13.1 Å². The predicted octanol–water partition coefficient (Wildman–Crippen LogP) is 2.93. The van der Waals surface area contributed by atoms with Crippen molar-refractivity contribution in [2.75, 3.05) is 26.0 Å². The van der Waals surface area contributed by atoms with Crippen LogP contribution in [0.25, 0.3) is 0 Å². The van der Waals surface area contributed by atoms with Crippen LogP contribution in [0.3, 0.4) is 0 Å². The molecule has 1 saturated heterocycles. The average molecular weight is 388 g/mol. The average Bonchev–Trinajstić information content (AvgIpc) is 2.80. The van der Waals surface area contributed by atoms with Gasteiger partial charge in [-0.1, -0.05) is 42.5 Å². The van der Waals surface area contributed by atoms with Gasteiger partial charge in [0.1, 0.15) is 5.75 Å². The summed E-state index contributed by atoms with van der Waals surface area (Å²) in [5, 5.41) is -0.542. The molecule has 27 heavy (non-hydrogen) atoms. The van der Waals surface area contributed by atoms with Gasteiger partial charge in [-0.05, 0) is 36.1 Å². The molecule has 1 fully saturated rings. The molecule has 0 bridgehead atoms. The molecule has 0 aliphatic carbocycles. The molecule has 0 unspecified atom stereocenters. The minimum absolute atomic E-state index is 0.0000583. The fourth-order valence-electron chi connectivity index (χ4n) is 3.57. The van der Waals surface area contributed by atoms with Gasteiger partial charge in [0.25, 0.3) is 0 Å². The molecule has 144 valence electrons. The van der Waals surface area contributed by atoms with Crippen molar-refractivity contribution in [3.63, 3.8) is 0 Å². The Labute approximate surface area is 160 Å². The minimum Gasteiger partial charge on any atom is -0.496 e. The van der Waals surface area contributed by atoms with Crippen molar-refractivity contribution in [3.05, 3.63) is 65.2 Å². The minimum atomic E-state index is -3.28. The predicted molar refractivity (Wildman–Crippen MR) is 106 cm³/mol. The number of rotatable bonds is 4. The molecule has 1 aliphatic heterocycles. The molecule has 1 heterocycles. The van der Waals surface area contributed by atoms with E-state index in [4.69, 9.17) is 4.74 Å². The van der Waals surface area contributed by atoms with Crippen molar-refractivity contribution in [2.45, 2.75) is 25.0 Å². The number of methoxy groups -OCH3 is 1. The van der Waals surface area contributed by atoms with E-state index >= 15 is 0 Å². The van der Waals surface area contributed by atoms with E-state index in [-0.39, 0.29) is 24.6 Å². The topological polar surface area (TPSA) is 63.7 Å². The molecule has 2 aromatic carbocycles. The second-order valence-corrected chi connectivity index (χ2v) is 9.22. The molecule has 5 nitrogen and oxygen atoms in total. The molecule has 6 heteroatoms. The summed E-state index contributed by atoms with van der Waals surface area (Å²) in [6.07, 6.45) is 0.695. The lowest BCUT2D eigenvalue weighted by molar-refractivity contribution is -0.130. The standard InChI is InChI=1S/C21H25NO4S/c1-16-14-17(8-9-19(16)26-2)15-21(23)22-11-10-20(27(24,25)13-12-22)18-6-4-3-5-7-18/h3-9,14,20H,10-13,15H2,1-2H3/t20-/m1/s1. The van der Waals surface area contributed by atoms with Gasteiger partial charge in [-0.15, -0.1) is 0 Å². The number of carbonyl (C=O) groups excluding carboxylic acids is 1. The Morgan fingerprint density at radius 3 is 2.56 bits per heavy atom. The van der Waals surface area contributed by atoms with Crippen LogP contribution in [0.15, 0.2) is 48.5 Å². The monoisotopic (exact) mass is 387 g/mol. The van der Waals surface area contributed by atoms with Crippen LogP contribution >= 0.6 is 0 Å². The first kappa shape index (κ1) is 19.4. The molecular weight excluding hydrogens is 362 g/mol. The normalized spacial score (nSPS) is 19.3. The zero-order valence-electron chi connectivity index (χ0n) is 15.7. The van der Waals surface area contributed by atoms with Crippen LogP contribution in [-0.4, -0.2) is 45.2 Å². The molecular formula is C21H25NO4S. The number of carbonyl (C=O) groups is 1. The third-order valence-electron chi connectivity index (χ3n) is 5.08. The molecule has 0 N–H and O–H groups in total. The summed E-state index contributed by atoms with van der Waals surface area (Å²) in [5.74, 6) is 0.751. The SMILES string of the molecule is COc1ccc(CC(=O)N2CC[C@H](c3ccccc3)S(=O)(=O)CC2)cc1C. The Morgan fingerprint density at radius 1 is 1.15 bits per heavy atom. The van der Waals surface area contributed by atoms with Crippen molar-refractivity contribution in [1.29, 1.82) is 0 Å². The number of hydrogen-bond acceptors (Lipinski definition) is 4. The van der Waals surface area contributed by atoms with E-state index < -0.39 is 15.1 Å². The lowest BCUT2D eigenvalue weighted by atomic mass is 10.1. The van der Waals surface area contributed by atoms with Crippen LogP contribution < -0.4 is 4.74 Å². The van der Waals surface area contributed by atoms with Crippen LogP contribution in [0.2, 0.25) is 0 Å². The number of aryl methyl sites for hydroxylation is 1. The van der Waals surface area contributed by atoms with Gasteiger partial charge < -0.3 is 9.64 Å². The van der Waals surface area contributed by atoms with Gasteiger partial charge in [0.2, 0.25) is 5.91 Å². The maximum absolute atomic E-state index is 12.7. The zero-order chi connectivity index (χ0) is 19.4. The molecule has 0 spiro atoms. The summed E-state index contributed by atoms with van der Waals surface area (Å²) in [6, 6.07) is 15.0. The Bertz CT molecular complexity index is 909. The third kappa shape index (κ3) is 4.50. The molecule has 0 saturated carbocycles. The first-order valence-electron chi connectivity index (χ1n) is 9.08. The number of ether oxygens (including phenoxy) is 1. The lowest BCUT2D eigenvalue weighted by Gasteiger charge is -2.20. The lowest BCUT2D eigenvalue weighted by Crippen LogP contribution is -2.34. The van der Waals surface area contributed by atoms with E-state index in [2.05, 4.69) is 0 Å². The number of sulfone groups is 1. The summed E-state index contributed by atoms with van der Waals surface area (Å²) >= 11 is 0. The summed E-state index contributed by atoms with van der Waals surface area (Å²) < 4.78 is 30.6. The molecule has 3 rings (SSSR count). The molecule has 1 amide bonds. The maximum Gasteiger partial charge on any atom is 0.227 e. The largest absolute Gasteiger partial charge is 0.496 e. The highest BCUT2D eigenvalue weighted by molar-refractivity contribution is 7.91. The quantitative estimate of drug-likeness (QED) is 0.809. The molecule has 1 aliphatic rings. The van der Waals surface area contributed by atoms with Crippen LogP contribution in [-0.2, 0) is 21.1 Å². The van der Waals surface area contributed by atoms with Crippen LogP contribution in [0.4, 0.5) is 0 Å². The van der Waals surface area contributed by atoms with Gasteiger partial charge in [-0.3, -0.25) is 4.79 Å². The van der Waals surface area contributed by atoms with Crippen molar-refractivity contribution in [1.82, 2.24) is 4.90 Å². The Balaban J connectivity index is 1.71. The highest BCUT2D eigenvalue weighted by Crippen LogP contribution is 2.29.